The normalized spacial score (nSPS) is 12.5. The predicted octanol–water partition coefficient (Wildman–Crippen LogP) is 5.17. The molecule has 0 aromatic carbocycles. The second kappa shape index (κ2) is 9.23. The number of hydrogen-bond acceptors (Lipinski definition) is 1. The molecule has 0 aliphatic carbocycles. The van der Waals surface area contributed by atoms with Crippen LogP contribution in [0.4, 0.5) is 0 Å². The molecule has 0 spiro atoms. The van der Waals surface area contributed by atoms with Crippen molar-refractivity contribution in [1.29, 1.82) is 0 Å². The van der Waals surface area contributed by atoms with Gasteiger partial charge in [-0.25, -0.2) is 0 Å². The average Bonchev–Trinajstić information content (AvgIpc) is 2.15. The molecule has 0 atom stereocenters. The lowest BCUT2D eigenvalue weighted by Crippen LogP contribution is -1.83. The van der Waals surface area contributed by atoms with Crippen LogP contribution in [-0.4, -0.2) is 5.24 Å². The van der Waals surface area contributed by atoms with Gasteiger partial charge in [-0.3, -0.25) is 4.79 Å². The molecule has 0 heterocycles. The Balaban J connectivity index is 3.92. The van der Waals surface area contributed by atoms with Crippen molar-refractivity contribution in [2.24, 2.45) is 0 Å². The Hall–Kier alpha value is -0.820. The van der Waals surface area contributed by atoms with Crippen molar-refractivity contribution < 1.29 is 4.79 Å². The van der Waals surface area contributed by atoms with Gasteiger partial charge in [0, 0.05) is 0 Å². The second-order valence-electron chi connectivity index (χ2n) is 4.70. The smallest absolute Gasteiger partial charge is 0.245 e. The summed E-state index contributed by atoms with van der Waals surface area (Å²) in [5, 5.41) is -0.383. The Morgan fingerprint density at radius 2 is 1.47 bits per heavy atom. The molecule has 1 nitrogen and oxygen atoms in total. The molecule has 0 amide bonds. The summed E-state index contributed by atoms with van der Waals surface area (Å²) in [5.41, 5.74) is 3.82. The minimum atomic E-state index is -0.383. The lowest BCUT2D eigenvalue weighted by atomic mass is 10.1. The molecule has 17 heavy (non-hydrogen) atoms. The van der Waals surface area contributed by atoms with Gasteiger partial charge in [-0.1, -0.05) is 28.9 Å². The third-order valence-electron chi connectivity index (χ3n) is 2.48. The molecule has 0 saturated heterocycles. The van der Waals surface area contributed by atoms with Gasteiger partial charge in [-0.05, 0) is 71.1 Å². The Morgan fingerprint density at radius 1 is 0.941 bits per heavy atom. The fraction of sp³-hybridized carbons (Fsp3) is 0.533. The zero-order valence-electron chi connectivity index (χ0n) is 11.3. The first-order valence-electron chi connectivity index (χ1n) is 6.07. The number of halogens is 1. The summed E-state index contributed by atoms with van der Waals surface area (Å²) >= 11 is 5.28. The Kier molecular flexibility index (Phi) is 8.79. The van der Waals surface area contributed by atoms with Gasteiger partial charge in [-0.2, -0.15) is 0 Å². The first-order valence-corrected chi connectivity index (χ1v) is 6.45. The van der Waals surface area contributed by atoms with Crippen LogP contribution in [0.1, 0.15) is 53.4 Å². The fourth-order valence-electron chi connectivity index (χ4n) is 1.50. The van der Waals surface area contributed by atoms with E-state index in [0.29, 0.717) is 0 Å². The molecule has 0 aromatic heterocycles. The molecule has 0 aliphatic rings. The molecule has 0 radical (unpaired) electrons. The summed E-state index contributed by atoms with van der Waals surface area (Å²) in [6.07, 6.45) is 10.1. The second-order valence-corrected chi connectivity index (χ2v) is 5.08. The maximum atomic E-state index is 10.6. The van der Waals surface area contributed by atoms with Crippen molar-refractivity contribution >= 4 is 16.8 Å². The molecule has 0 unspecified atom stereocenters. The van der Waals surface area contributed by atoms with Crippen LogP contribution < -0.4 is 0 Å². The predicted molar refractivity (Wildman–Crippen MR) is 76.3 cm³/mol. The van der Waals surface area contributed by atoms with E-state index in [-0.39, 0.29) is 5.24 Å². The van der Waals surface area contributed by atoms with Crippen molar-refractivity contribution in [3.63, 3.8) is 0 Å². The summed E-state index contributed by atoms with van der Waals surface area (Å²) < 4.78 is 0. The highest BCUT2D eigenvalue weighted by Crippen LogP contribution is 2.11. The molecular weight excluding hydrogens is 232 g/mol. The van der Waals surface area contributed by atoms with Crippen LogP contribution in [0.15, 0.2) is 34.9 Å². The molecule has 0 aromatic rings. The lowest BCUT2D eigenvalue weighted by molar-refractivity contribution is -0.107. The standard InChI is InChI=1S/C15H23ClO/c1-12(2)7-5-8-13(3)9-6-10-14(4)11-15(16)17/h7,9,11H,5-6,8,10H2,1-4H3. The highest BCUT2D eigenvalue weighted by atomic mass is 35.5. The average molecular weight is 255 g/mol. The van der Waals surface area contributed by atoms with Crippen LogP contribution >= 0.6 is 11.6 Å². The first-order chi connectivity index (χ1) is 7.91. The number of hydrogen-bond donors (Lipinski definition) is 0. The Labute approximate surface area is 110 Å². The van der Waals surface area contributed by atoms with Crippen molar-refractivity contribution in [3.05, 3.63) is 34.9 Å². The molecule has 2 heteroatoms. The van der Waals surface area contributed by atoms with Crippen LogP contribution in [0.2, 0.25) is 0 Å². The summed E-state index contributed by atoms with van der Waals surface area (Å²) in [5.74, 6) is 0. The molecule has 96 valence electrons. The third-order valence-corrected chi connectivity index (χ3v) is 2.59. The van der Waals surface area contributed by atoms with Gasteiger partial charge < -0.3 is 0 Å². The van der Waals surface area contributed by atoms with Gasteiger partial charge in [0.2, 0.25) is 5.24 Å². The van der Waals surface area contributed by atoms with E-state index in [4.69, 9.17) is 11.6 Å². The molecule has 0 aliphatic heterocycles. The SMILES string of the molecule is CC(C)=CCCC(C)=CCCC(C)=CC(=O)Cl. The van der Waals surface area contributed by atoms with Crippen molar-refractivity contribution in [3.8, 4) is 0 Å². The van der Waals surface area contributed by atoms with E-state index in [9.17, 15) is 4.79 Å². The zero-order valence-corrected chi connectivity index (χ0v) is 12.1. The van der Waals surface area contributed by atoms with E-state index < -0.39 is 0 Å². The van der Waals surface area contributed by atoms with Gasteiger partial charge in [-0.15, -0.1) is 0 Å². The number of carbonyl (C=O) groups excluding carboxylic acids is 1. The monoisotopic (exact) mass is 254 g/mol. The first kappa shape index (κ1) is 16.2. The van der Waals surface area contributed by atoms with E-state index in [1.807, 2.05) is 6.92 Å². The van der Waals surface area contributed by atoms with Gasteiger partial charge in [0.05, 0.1) is 0 Å². The van der Waals surface area contributed by atoms with Crippen molar-refractivity contribution in [2.45, 2.75) is 53.4 Å². The van der Waals surface area contributed by atoms with E-state index >= 15 is 0 Å². The van der Waals surface area contributed by atoms with Crippen LogP contribution in [-0.2, 0) is 4.79 Å². The van der Waals surface area contributed by atoms with Gasteiger partial charge in [0.15, 0.2) is 0 Å². The van der Waals surface area contributed by atoms with E-state index in [1.165, 1.54) is 17.2 Å². The number of allylic oxidation sites excluding steroid dienone is 6. The van der Waals surface area contributed by atoms with Crippen LogP contribution in [0.25, 0.3) is 0 Å². The van der Waals surface area contributed by atoms with Crippen LogP contribution in [0.5, 0.6) is 0 Å². The summed E-state index contributed by atoms with van der Waals surface area (Å²) in [4.78, 5) is 10.6. The van der Waals surface area contributed by atoms with E-state index in [1.54, 1.807) is 0 Å². The van der Waals surface area contributed by atoms with Crippen molar-refractivity contribution in [2.75, 3.05) is 0 Å². The van der Waals surface area contributed by atoms with Crippen LogP contribution in [0.3, 0.4) is 0 Å². The molecule has 0 saturated carbocycles. The third kappa shape index (κ3) is 11.4. The number of rotatable bonds is 7. The minimum Gasteiger partial charge on any atom is -0.276 e. The molecule has 0 rings (SSSR count). The van der Waals surface area contributed by atoms with Crippen LogP contribution in [0, 0.1) is 0 Å². The molecule has 0 bridgehead atoms. The van der Waals surface area contributed by atoms with Crippen molar-refractivity contribution in [1.82, 2.24) is 0 Å². The Morgan fingerprint density at radius 3 is 2.00 bits per heavy atom. The topological polar surface area (TPSA) is 17.1 Å². The number of carbonyl (C=O) groups is 1. The summed E-state index contributed by atoms with van der Waals surface area (Å²) in [6, 6.07) is 0. The zero-order chi connectivity index (χ0) is 13.3. The quantitative estimate of drug-likeness (QED) is 0.348. The highest BCUT2D eigenvalue weighted by Gasteiger charge is 1.94. The lowest BCUT2D eigenvalue weighted by Gasteiger charge is -2.00. The maximum absolute atomic E-state index is 10.6. The summed E-state index contributed by atoms with van der Waals surface area (Å²) in [6.45, 7) is 8.34. The Bertz CT molecular complexity index is 331. The van der Waals surface area contributed by atoms with Gasteiger partial charge >= 0.3 is 0 Å². The summed E-state index contributed by atoms with van der Waals surface area (Å²) in [7, 11) is 0. The van der Waals surface area contributed by atoms with Gasteiger partial charge in [0.1, 0.15) is 0 Å². The molecular formula is C15H23ClO. The molecule has 0 N–H and O–H groups in total. The molecule has 0 fully saturated rings. The highest BCUT2D eigenvalue weighted by molar-refractivity contribution is 6.66. The van der Waals surface area contributed by atoms with E-state index in [0.717, 1.165) is 31.3 Å². The maximum Gasteiger partial charge on any atom is 0.245 e. The van der Waals surface area contributed by atoms with E-state index in [2.05, 4.69) is 32.9 Å². The van der Waals surface area contributed by atoms with Gasteiger partial charge in [0.25, 0.3) is 0 Å². The largest absolute Gasteiger partial charge is 0.276 e. The fourth-order valence-corrected chi connectivity index (χ4v) is 1.69. The minimum absolute atomic E-state index is 0.383.